The second-order valence-corrected chi connectivity index (χ2v) is 6.09. The molecule has 0 spiro atoms. The third kappa shape index (κ3) is 8.07. The third-order valence-electron chi connectivity index (χ3n) is 2.84. The van der Waals surface area contributed by atoms with Gasteiger partial charge < -0.3 is 5.32 Å². The Bertz CT molecular complexity index is 249. The Morgan fingerprint density at radius 1 is 1.12 bits per heavy atom. The van der Waals surface area contributed by atoms with Crippen LogP contribution in [0.1, 0.15) is 39.5 Å². The van der Waals surface area contributed by atoms with Gasteiger partial charge in [0.15, 0.2) is 0 Å². The minimum Gasteiger partial charge on any atom is -0.320 e. The highest BCUT2D eigenvalue weighted by molar-refractivity contribution is 7.89. The lowest BCUT2D eigenvalue weighted by Crippen LogP contribution is -2.31. The van der Waals surface area contributed by atoms with Crippen LogP contribution in [0.4, 0.5) is 0 Å². The number of hydrogen-bond donors (Lipinski definition) is 2. The fourth-order valence-corrected chi connectivity index (χ4v) is 2.71. The summed E-state index contributed by atoms with van der Waals surface area (Å²) in [6.45, 7) is 5.65. The molecule has 0 atom stereocenters. The van der Waals surface area contributed by atoms with Gasteiger partial charge in [0, 0.05) is 6.54 Å². The number of nitrogens with one attached hydrogen (secondary N) is 2. The molecule has 0 aliphatic heterocycles. The minimum atomic E-state index is -3.06. The molecular formula is C11H26N2O2S. The molecule has 0 amide bonds. The van der Waals surface area contributed by atoms with Crippen molar-refractivity contribution in [3.8, 4) is 0 Å². The van der Waals surface area contributed by atoms with Crippen LogP contribution in [0, 0.1) is 5.92 Å². The Morgan fingerprint density at radius 2 is 1.75 bits per heavy atom. The van der Waals surface area contributed by atoms with Gasteiger partial charge in [0.2, 0.25) is 10.0 Å². The molecule has 0 rings (SSSR count). The predicted molar refractivity (Wildman–Crippen MR) is 69.0 cm³/mol. The summed E-state index contributed by atoms with van der Waals surface area (Å²) in [6, 6.07) is 0. The van der Waals surface area contributed by atoms with Crippen molar-refractivity contribution in [3.05, 3.63) is 0 Å². The molecule has 0 aromatic heterocycles. The van der Waals surface area contributed by atoms with Gasteiger partial charge in [-0.05, 0) is 32.4 Å². The molecule has 0 unspecified atom stereocenters. The summed E-state index contributed by atoms with van der Waals surface area (Å²) in [5, 5.41) is 3.01. The molecule has 16 heavy (non-hydrogen) atoms. The zero-order chi connectivity index (χ0) is 12.4. The van der Waals surface area contributed by atoms with Gasteiger partial charge in [-0.1, -0.05) is 26.7 Å². The van der Waals surface area contributed by atoms with Gasteiger partial charge in [-0.3, -0.25) is 0 Å². The molecule has 2 N–H and O–H groups in total. The highest BCUT2D eigenvalue weighted by atomic mass is 32.2. The van der Waals surface area contributed by atoms with E-state index in [9.17, 15) is 8.42 Å². The van der Waals surface area contributed by atoms with Gasteiger partial charge in [0.25, 0.3) is 0 Å². The van der Waals surface area contributed by atoms with E-state index in [0.29, 0.717) is 12.5 Å². The first-order valence-corrected chi connectivity index (χ1v) is 7.82. The zero-order valence-electron chi connectivity index (χ0n) is 10.8. The Hall–Kier alpha value is -0.130. The molecule has 0 radical (unpaired) electrons. The molecule has 0 saturated heterocycles. The van der Waals surface area contributed by atoms with Gasteiger partial charge in [-0.25, -0.2) is 13.1 Å². The van der Waals surface area contributed by atoms with Crippen molar-refractivity contribution in [2.24, 2.45) is 5.92 Å². The molecule has 0 aliphatic carbocycles. The van der Waals surface area contributed by atoms with Crippen molar-refractivity contribution in [1.82, 2.24) is 10.0 Å². The Kier molecular flexibility index (Phi) is 8.89. The van der Waals surface area contributed by atoms with Crippen LogP contribution in [-0.2, 0) is 10.0 Å². The first-order valence-electron chi connectivity index (χ1n) is 6.17. The average molecular weight is 250 g/mol. The maximum absolute atomic E-state index is 11.6. The Balaban J connectivity index is 3.78. The van der Waals surface area contributed by atoms with E-state index in [-0.39, 0.29) is 5.75 Å². The topological polar surface area (TPSA) is 58.2 Å². The van der Waals surface area contributed by atoms with Crippen LogP contribution < -0.4 is 10.0 Å². The maximum atomic E-state index is 11.6. The van der Waals surface area contributed by atoms with Gasteiger partial charge in [-0.2, -0.15) is 0 Å². The van der Waals surface area contributed by atoms with Crippen molar-refractivity contribution in [2.45, 2.75) is 39.5 Å². The van der Waals surface area contributed by atoms with E-state index in [2.05, 4.69) is 23.9 Å². The third-order valence-corrected chi connectivity index (χ3v) is 4.27. The van der Waals surface area contributed by atoms with Crippen molar-refractivity contribution < 1.29 is 8.42 Å². The molecule has 4 nitrogen and oxygen atoms in total. The van der Waals surface area contributed by atoms with Crippen LogP contribution in [0.15, 0.2) is 0 Å². The van der Waals surface area contributed by atoms with E-state index in [1.165, 1.54) is 0 Å². The summed E-state index contributed by atoms with van der Waals surface area (Å²) in [5.41, 5.74) is 0. The first kappa shape index (κ1) is 15.9. The fourth-order valence-electron chi connectivity index (χ4n) is 1.49. The van der Waals surface area contributed by atoms with E-state index in [1.54, 1.807) is 0 Å². The second-order valence-electron chi connectivity index (χ2n) is 4.16. The van der Waals surface area contributed by atoms with Crippen LogP contribution in [-0.4, -0.2) is 34.3 Å². The highest BCUT2D eigenvalue weighted by Crippen LogP contribution is 2.06. The number of hydrogen-bond acceptors (Lipinski definition) is 3. The minimum absolute atomic E-state index is 0.245. The van der Waals surface area contributed by atoms with Crippen molar-refractivity contribution in [3.63, 3.8) is 0 Å². The molecular weight excluding hydrogens is 224 g/mol. The molecule has 0 aromatic rings. The van der Waals surface area contributed by atoms with E-state index < -0.39 is 10.0 Å². The van der Waals surface area contributed by atoms with Gasteiger partial charge in [0.1, 0.15) is 0 Å². The maximum Gasteiger partial charge on any atom is 0.211 e. The van der Waals surface area contributed by atoms with Crippen LogP contribution in [0.3, 0.4) is 0 Å². The summed E-state index contributed by atoms with van der Waals surface area (Å²) in [6.07, 6.45) is 3.68. The summed E-state index contributed by atoms with van der Waals surface area (Å²) >= 11 is 0. The smallest absolute Gasteiger partial charge is 0.211 e. The molecule has 0 bridgehead atoms. The number of sulfonamides is 1. The van der Waals surface area contributed by atoms with Crippen LogP contribution in [0.5, 0.6) is 0 Å². The Labute approximate surface area is 100 Å². The quantitative estimate of drug-likeness (QED) is 0.575. The molecule has 0 aromatic carbocycles. The zero-order valence-corrected chi connectivity index (χ0v) is 11.6. The van der Waals surface area contributed by atoms with E-state index in [4.69, 9.17) is 0 Å². The lowest BCUT2D eigenvalue weighted by atomic mass is 10.0. The molecule has 0 aliphatic rings. The molecule has 0 heterocycles. The van der Waals surface area contributed by atoms with Gasteiger partial charge in [-0.15, -0.1) is 0 Å². The van der Waals surface area contributed by atoms with E-state index >= 15 is 0 Å². The lowest BCUT2D eigenvalue weighted by molar-refractivity contribution is 0.478. The molecule has 0 saturated carbocycles. The van der Waals surface area contributed by atoms with Crippen LogP contribution >= 0.6 is 0 Å². The lowest BCUT2D eigenvalue weighted by Gasteiger charge is -2.13. The number of rotatable bonds is 10. The normalized spacial score (nSPS) is 12.2. The predicted octanol–water partition coefficient (Wildman–Crippen LogP) is 1.34. The fraction of sp³-hybridized carbons (Fsp3) is 1.00. The van der Waals surface area contributed by atoms with Crippen LogP contribution in [0.2, 0.25) is 0 Å². The van der Waals surface area contributed by atoms with Crippen molar-refractivity contribution >= 4 is 10.0 Å². The van der Waals surface area contributed by atoms with E-state index in [1.807, 2.05) is 7.05 Å². The summed E-state index contributed by atoms with van der Waals surface area (Å²) in [5.74, 6) is 0.710. The summed E-state index contributed by atoms with van der Waals surface area (Å²) in [4.78, 5) is 0. The average Bonchev–Trinajstić information content (AvgIpc) is 2.26. The summed E-state index contributed by atoms with van der Waals surface area (Å²) < 4.78 is 25.9. The van der Waals surface area contributed by atoms with Crippen LogP contribution in [0.25, 0.3) is 0 Å². The standard InChI is InChI=1S/C11H26N2O2S/c1-4-11(5-2)10-13-16(14,15)9-7-6-8-12-3/h11-13H,4-10H2,1-3H3. The summed E-state index contributed by atoms with van der Waals surface area (Å²) in [7, 11) is -1.18. The van der Waals surface area contributed by atoms with E-state index in [0.717, 1.165) is 32.2 Å². The van der Waals surface area contributed by atoms with Crippen molar-refractivity contribution in [1.29, 1.82) is 0 Å². The largest absolute Gasteiger partial charge is 0.320 e. The SMILES string of the molecule is CCC(CC)CNS(=O)(=O)CCCCNC. The molecule has 5 heteroatoms. The monoisotopic (exact) mass is 250 g/mol. The number of unbranched alkanes of at least 4 members (excludes halogenated alkanes) is 1. The van der Waals surface area contributed by atoms with Crippen molar-refractivity contribution in [2.75, 3.05) is 25.9 Å². The molecule has 0 fully saturated rings. The molecule has 98 valence electrons. The second kappa shape index (κ2) is 8.96. The Morgan fingerprint density at radius 3 is 2.25 bits per heavy atom. The first-order chi connectivity index (χ1) is 7.55. The van der Waals surface area contributed by atoms with Gasteiger partial charge in [0.05, 0.1) is 5.75 Å². The highest BCUT2D eigenvalue weighted by Gasteiger charge is 2.11. The van der Waals surface area contributed by atoms with Gasteiger partial charge >= 0.3 is 0 Å².